The maximum Gasteiger partial charge on any atom is 0.255 e. The molecule has 0 radical (unpaired) electrons. The maximum atomic E-state index is 12.3. The smallest absolute Gasteiger partial charge is 0.255 e. The van der Waals surface area contributed by atoms with E-state index in [1.165, 1.54) is 0 Å². The van der Waals surface area contributed by atoms with E-state index in [1.807, 2.05) is 11.0 Å². The Hall–Kier alpha value is -1.75. The van der Waals surface area contributed by atoms with Crippen molar-refractivity contribution < 1.29 is 9.90 Å². The number of aliphatic hydroxyl groups is 1. The first kappa shape index (κ1) is 16.3. The normalized spacial score (nSPS) is 10.4. The fraction of sp³-hybridized carbons (Fsp3) is 0.533. The summed E-state index contributed by atoms with van der Waals surface area (Å²) >= 11 is 0. The molecule has 1 aromatic carbocycles. The number of nitrogens with zero attached hydrogens (tertiary/aromatic N) is 2. The molecular formula is C15H25N3O2. The fourth-order valence-electron chi connectivity index (χ4n) is 2.05. The van der Waals surface area contributed by atoms with Crippen LogP contribution in [0.5, 0.6) is 0 Å². The van der Waals surface area contributed by atoms with Gasteiger partial charge in [-0.3, -0.25) is 4.79 Å². The van der Waals surface area contributed by atoms with Crippen molar-refractivity contribution >= 4 is 17.3 Å². The van der Waals surface area contributed by atoms with E-state index in [-0.39, 0.29) is 12.5 Å². The SMILES string of the molecule is CCCCN(CCO)c1cc(N)ccc1C(=O)N(C)C. The molecule has 0 spiro atoms. The van der Waals surface area contributed by atoms with Crippen LogP contribution in [0.25, 0.3) is 0 Å². The molecule has 0 atom stereocenters. The molecule has 0 saturated heterocycles. The summed E-state index contributed by atoms with van der Waals surface area (Å²) in [5.41, 5.74) is 7.89. The van der Waals surface area contributed by atoms with Crippen LogP contribution in [0.2, 0.25) is 0 Å². The second-order valence-corrected chi connectivity index (χ2v) is 5.04. The zero-order chi connectivity index (χ0) is 15.1. The molecule has 5 heteroatoms. The van der Waals surface area contributed by atoms with Crippen molar-refractivity contribution in [3.63, 3.8) is 0 Å². The van der Waals surface area contributed by atoms with Crippen molar-refractivity contribution in [2.24, 2.45) is 0 Å². The fourth-order valence-corrected chi connectivity index (χ4v) is 2.05. The molecule has 5 nitrogen and oxygen atoms in total. The van der Waals surface area contributed by atoms with Gasteiger partial charge in [-0.25, -0.2) is 0 Å². The van der Waals surface area contributed by atoms with E-state index in [2.05, 4.69) is 6.92 Å². The molecule has 0 aliphatic carbocycles. The molecule has 1 amide bonds. The average molecular weight is 279 g/mol. The van der Waals surface area contributed by atoms with Crippen molar-refractivity contribution in [2.45, 2.75) is 19.8 Å². The molecule has 20 heavy (non-hydrogen) atoms. The van der Waals surface area contributed by atoms with Gasteiger partial charge < -0.3 is 20.6 Å². The number of carbonyl (C=O) groups is 1. The lowest BCUT2D eigenvalue weighted by atomic mass is 10.1. The summed E-state index contributed by atoms with van der Waals surface area (Å²) in [5, 5.41) is 9.24. The highest BCUT2D eigenvalue weighted by Crippen LogP contribution is 2.25. The van der Waals surface area contributed by atoms with Crippen LogP contribution in [0.4, 0.5) is 11.4 Å². The summed E-state index contributed by atoms with van der Waals surface area (Å²) in [6, 6.07) is 5.29. The number of unbranched alkanes of at least 4 members (excludes halogenated alkanes) is 1. The summed E-state index contributed by atoms with van der Waals surface area (Å²) in [6.45, 7) is 3.46. The largest absolute Gasteiger partial charge is 0.399 e. The monoisotopic (exact) mass is 279 g/mol. The van der Waals surface area contributed by atoms with Crippen molar-refractivity contribution in [1.82, 2.24) is 4.90 Å². The molecule has 3 N–H and O–H groups in total. The minimum atomic E-state index is -0.0561. The van der Waals surface area contributed by atoms with Crippen LogP contribution >= 0.6 is 0 Å². The topological polar surface area (TPSA) is 69.8 Å². The Bertz CT molecular complexity index is 447. The third-order valence-corrected chi connectivity index (χ3v) is 3.15. The van der Waals surface area contributed by atoms with E-state index in [0.717, 1.165) is 25.1 Å². The van der Waals surface area contributed by atoms with Gasteiger partial charge in [0.2, 0.25) is 0 Å². The summed E-state index contributed by atoms with van der Waals surface area (Å²) in [6.07, 6.45) is 2.06. The standard InChI is InChI=1S/C15H25N3O2/c1-4-5-8-18(9-10-19)14-11-12(16)6-7-13(14)15(20)17(2)3/h6-7,11,19H,4-5,8-10,16H2,1-3H3. The lowest BCUT2D eigenvalue weighted by molar-refractivity contribution is 0.0828. The number of benzene rings is 1. The van der Waals surface area contributed by atoms with Gasteiger partial charge in [0, 0.05) is 32.9 Å². The van der Waals surface area contributed by atoms with Gasteiger partial charge in [0.05, 0.1) is 17.9 Å². The predicted octanol–water partition coefficient (Wildman–Crippen LogP) is 1.57. The molecule has 0 fully saturated rings. The minimum absolute atomic E-state index is 0.0497. The second kappa shape index (κ2) is 7.75. The van der Waals surface area contributed by atoms with Gasteiger partial charge in [0.25, 0.3) is 5.91 Å². The lowest BCUT2D eigenvalue weighted by Crippen LogP contribution is -2.31. The Labute approximate surface area is 121 Å². The van der Waals surface area contributed by atoms with Crippen LogP contribution in [0, 0.1) is 0 Å². The Morgan fingerprint density at radius 1 is 1.30 bits per heavy atom. The molecule has 0 bridgehead atoms. The number of anilines is 2. The number of hydrogen-bond acceptors (Lipinski definition) is 4. The summed E-state index contributed by atoms with van der Waals surface area (Å²) in [5.74, 6) is -0.0561. The number of amides is 1. The third kappa shape index (κ3) is 4.13. The highest BCUT2D eigenvalue weighted by Gasteiger charge is 2.18. The Morgan fingerprint density at radius 3 is 2.55 bits per heavy atom. The first-order chi connectivity index (χ1) is 9.51. The molecule has 0 unspecified atom stereocenters. The van der Waals surface area contributed by atoms with Gasteiger partial charge in [-0.2, -0.15) is 0 Å². The number of aliphatic hydroxyl groups excluding tert-OH is 1. The number of carbonyl (C=O) groups excluding carboxylic acids is 1. The van der Waals surface area contributed by atoms with Gasteiger partial charge in [-0.15, -0.1) is 0 Å². The number of rotatable bonds is 7. The van der Waals surface area contributed by atoms with Crippen LogP contribution < -0.4 is 10.6 Å². The van der Waals surface area contributed by atoms with Crippen LogP contribution in [0.15, 0.2) is 18.2 Å². The molecule has 0 aliphatic heterocycles. The number of nitrogens with two attached hydrogens (primary N) is 1. The number of nitrogen functional groups attached to an aromatic ring is 1. The van der Waals surface area contributed by atoms with Gasteiger partial charge >= 0.3 is 0 Å². The quantitative estimate of drug-likeness (QED) is 0.743. The van der Waals surface area contributed by atoms with E-state index >= 15 is 0 Å². The molecule has 0 heterocycles. The van der Waals surface area contributed by atoms with E-state index in [1.54, 1.807) is 31.1 Å². The first-order valence-electron chi connectivity index (χ1n) is 6.98. The Morgan fingerprint density at radius 2 is 2.00 bits per heavy atom. The van der Waals surface area contributed by atoms with E-state index in [9.17, 15) is 9.90 Å². The van der Waals surface area contributed by atoms with Crippen LogP contribution in [-0.4, -0.2) is 49.7 Å². The van der Waals surface area contributed by atoms with Crippen LogP contribution in [0.3, 0.4) is 0 Å². The molecular weight excluding hydrogens is 254 g/mol. The van der Waals surface area contributed by atoms with E-state index in [4.69, 9.17) is 5.73 Å². The van der Waals surface area contributed by atoms with Gasteiger partial charge in [-0.1, -0.05) is 13.3 Å². The van der Waals surface area contributed by atoms with Gasteiger partial charge in [-0.05, 0) is 24.6 Å². The second-order valence-electron chi connectivity index (χ2n) is 5.04. The highest BCUT2D eigenvalue weighted by molar-refractivity contribution is 6.00. The predicted molar refractivity (Wildman–Crippen MR) is 83.1 cm³/mol. The molecule has 0 aromatic heterocycles. The molecule has 0 saturated carbocycles. The van der Waals surface area contributed by atoms with Crippen molar-refractivity contribution in [3.05, 3.63) is 23.8 Å². The molecule has 1 aromatic rings. The molecule has 112 valence electrons. The first-order valence-corrected chi connectivity index (χ1v) is 6.98. The zero-order valence-electron chi connectivity index (χ0n) is 12.6. The summed E-state index contributed by atoms with van der Waals surface area (Å²) in [4.78, 5) is 15.8. The van der Waals surface area contributed by atoms with Crippen molar-refractivity contribution in [3.8, 4) is 0 Å². The number of hydrogen-bond donors (Lipinski definition) is 2. The van der Waals surface area contributed by atoms with E-state index < -0.39 is 0 Å². The van der Waals surface area contributed by atoms with E-state index in [0.29, 0.717) is 17.8 Å². The van der Waals surface area contributed by atoms with Crippen molar-refractivity contribution in [2.75, 3.05) is 44.4 Å². The minimum Gasteiger partial charge on any atom is -0.399 e. The Kier molecular flexibility index (Phi) is 6.31. The molecule has 1 rings (SSSR count). The summed E-state index contributed by atoms with van der Waals surface area (Å²) in [7, 11) is 3.45. The van der Waals surface area contributed by atoms with Crippen molar-refractivity contribution in [1.29, 1.82) is 0 Å². The maximum absolute atomic E-state index is 12.3. The zero-order valence-corrected chi connectivity index (χ0v) is 12.6. The molecule has 0 aliphatic rings. The Balaban J connectivity index is 3.16. The summed E-state index contributed by atoms with van der Waals surface area (Å²) < 4.78 is 0. The van der Waals surface area contributed by atoms with Gasteiger partial charge in [0.15, 0.2) is 0 Å². The lowest BCUT2D eigenvalue weighted by Gasteiger charge is -2.27. The van der Waals surface area contributed by atoms with Crippen LogP contribution in [-0.2, 0) is 0 Å². The highest BCUT2D eigenvalue weighted by atomic mass is 16.3. The van der Waals surface area contributed by atoms with Gasteiger partial charge in [0.1, 0.15) is 0 Å². The average Bonchev–Trinajstić information content (AvgIpc) is 2.42. The van der Waals surface area contributed by atoms with Crippen LogP contribution in [0.1, 0.15) is 30.1 Å². The third-order valence-electron chi connectivity index (χ3n) is 3.15.